The summed E-state index contributed by atoms with van der Waals surface area (Å²) in [6.07, 6.45) is 2.15. The summed E-state index contributed by atoms with van der Waals surface area (Å²) in [4.78, 5) is 21.4. The van der Waals surface area contributed by atoms with Gasteiger partial charge in [0.05, 0.1) is 5.75 Å². The Kier molecular flexibility index (Phi) is 4.25. The van der Waals surface area contributed by atoms with Crippen LogP contribution in [0.3, 0.4) is 0 Å². The first-order valence-electron chi connectivity index (χ1n) is 4.64. The third kappa shape index (κ3) is 3.21. The molecule has 5 heteroatoms. The monoisotopic (exact) mass is 217 g/mol. The zero-order valence-electron chi connectivity index (χ0n) is 7.77. The molecule has 0 heterocycles. The molecule has 0 aromatic heterocycles. The van der Waals surface area contributed by atoms with Gasteiger partial charge in [-0.15, -0.1) is 0 Å². The minimum absolute atomic E-state index is 0.0699. The maximum absolute atomic E-state index is 10.9. The number of thiol groups is 1. The highest BCUT2D eigenvalue weighted by Gasteiger charge is 2.23. The number of hydrogen-bond donors (Lipinski definition) is 1. The van der Waals surface area contributed by atoms with E-state index >= 15 is 0 Å². The molecule has 0 atom stereocenters. The first kappa shape index (κ1) is 11.4. The number of ether oxygens (including phenoxy) is 1. The van der Waals surface area contributed by atoms with E-state index in [4.69, 9.17) is 4.74 Å². The van der Waals surface area contributed by atoms with Gasteiger partial charge in [-0.05, 0) is 31.6 Å². The molecule has 0 aromatic rings. The van der Waals surface area contributed by atoms with Crippen LogP contribution in [0.4, 0.5) is 0 Å². The van der Waals surface area contributed by atoms with Crippen LogP contribution >= 0.6 is 12.6 Å². The molecule has 1 rings (SSSR count). The lowest BCUT2D eigenvalue weighted by Crippen LogP contribution is -2.36. The summed E-state index contributed by atoms with van der Waals surface area (Å²) in [6, 6.07) is 0. The van der Waals surface area contributed by atoms with Crippen LogP contribution in [0.2, 0.25) is 0 Å². The van der Waals surface area contributed by atoms with Gasteiger partial charge in [0.15, 0.2) is 0 Å². The Hall–Kier alpha value is -0.710. The van der Waals surface area contributed by atoms with Crippen LogP contribution in [0, 0.1) is 5.92 Å². The lowest BCUT2D eigenvalue weighted by Gasteiger charge is -2.28. The fourth-order valence-electron chi connectivity index (χ4n) is 1.64. The highest BCUT2D eigenvalue weighted by Crippen LogP contribution is 2.25. The Morgan fingerprint density at radius 1 is 1.29 bits per heavy atom. The molecular formula is C9H13O4S-. The number of hydrogen-bond acceptors (Lipinski definition) is 5. The fraction of sp³-hybridized carbons (Fsp3) is 0.778. The molecule has 0 bridgehead atoms. The Labute approximate surface area is 88.0 Å². The number of aliphatic carboxylic acids is 1. The number of rotatable bonds is 3. The summed E-state index contributed by atoms with van der Waals surface area (Å²) in [5, 5.41) is 10.5. The van der Waals surface area contributed by atoms with Gasteiger partial charge in [0.25, 0.3) is 0 Å². The largest absolute Gasteiger partial charge is 0.550 e. The van der Waals surface area contributed by atoms with Crippen molar-refractivity contribution in [3.63, 3.8) is 0 Å². The second kappa shape index (κ2) is 5.24. The lowest BCUT2D eigenvalue weighted by atomic mass is 9.87. The van der Waals surface area contributed by atoms with Crippen molar-refractivity contribution in [1.82, 2.24) is 0 Å². The predicted molar refractivity (Wildman–Crippen MR) is 50.7 cm³/mol. The molecule has 0 spiro atoms. The number of carboxylic acids is 1. The van der Waals surface area contributed by atoms with Crippen molar-refractivity contribution < 1.29 is 19.4 Å². The minimum atomic E-state index is -0.996. The third-order valence-corrected chi connectivity index (χ3v) is 2.69. The van der Waals surface area contributed by atoms with E-state index < -0.39 is 5.97 Å². The van der Waals surface area contributed by atoms with Crippen LogP contribution in [-0.2, 0) is 14.3 Å². The van der Waals surface area contributed by atoms with Crippen LogP contribution in [0.25, 0.3) is 0 Å². The number of carboxylic acid groups (broad SMARTS) is 1. The summed E-state index contributed by atoms with van der Waals surface area (Å²) < 4.78 is 5.04. The summed E-state index contributed by atoms with van der Waals surface area (Å²) in [5.41, 5.74) is 0. The standard InChI is InChI=1S/C9H14O4S/c10-8(5-14)13-7-3-1-6(2-4-7)9(11)12/h6-7,14H,1-5H2,(H,11,12)/p-1. The molecule has 0 aromatic carbocycles. The molecule has 1 aliphatic carbocycles. The van der Waals surface area contributed by atoms with Crippen molar-refractivity contribution in [2.75, 3.05) is 5.75 Å². The van der Waals surface area contributed by atoms with Crippen molar-refractivity contribution >= 4 is 24.6 Å². The van der Waals surface area contributed by atoms with Crippen LogP contribution in [-0.4, -0.2) is 23.8 Å². The Balaban J connectivity index is 2.29. The van der Waals surface area contributed by atoms with Crippen LogP contribution < -0.4 is 5.11 Å². The van der Waals surface area contributed by atoms with E-state index in [-0.39, 0.29) is 23.7 Å². The Morgan fingerprint density at radius 3 is 2.29 bits per heavy atom. The maximum atomic E-state index is 10.9. The van der Waals surface area contributed by atoms with Crippen LogP contribution in [0.15, 0.2) is 0 Å². The van der Waals surface area contributed by atoms with E-state index in [0.29, 0.717) is 25.7 Å². The van der Waals surface area contributed by atoms with Crippen LogP contribution in [0.5, 0.6) is 0 Å². The molecule has 0 aliphatic heterocycles. The molecule has 1 saturated carbocycles. The second-order valence-corrected chi connectivity index (χ2v) is 3.76. The molecule has 80 valence electrons. The normalized spacial score (nSPS) is 26.9. The van der Waals surface area contributed by atoms with Crippen molar-refractivity contribution in [1.29, 1.82) is 0 Å². The molecular weight excluding hydrogens is 204 g/mol. The third-order valence-electron chi connectivity index (χ3n) is 2.43. The number of esters is 1. The number of carbonyl (C=O) groups is 2. The topological polar surface area (TPSA) is 66.4 Å². The van der Waals surface area contributed by atoms with Gasteiger partial charge >= 0.3 is 5.97 Å². The Morgan fingerprint density at radius 2 is 1.86 bits per heavy atom. The first-order valence-corrected chi connectivity index (χ1v) is 5.28. The summed E-state index contributed by atoms with van der Waals surface area (Å²) in [5.74, 6) is -1.64. The van der Waals surface area contributed by atoms with Crippen molar-refractivity contribution in [3.8, 4) is 0 Å². The fourth-order valence-corrected chi connectivity index (χ4v) is 1.71. The lowest BCUT2D eigenvalue weighted by molar-refractivity contribution is -0.312. The molecule has 0 radical (unpaired) electrons. The SMILES string of the molecule is O=C(CS)OC1CCC(C(=O)[O-])CC1. The quantitative estimate of drug-likeness (QED) is 0.524. The van der Waals surface area contributed by atoms with E-state index in [9.17, 15) is 14.7 Å². The summed E-state index contributed by atoms with van der Waals surface area (Å²) in [7, 11) is 0. The van der Waals surface area contributed by atoms with Gasteiger partial charge in [0.1, 0.15) is 6.10 Å². The van der Waals surface area contributed by atoms with Crippen molar-refractivity contribution in [2.24, 2.45) is 5.92 Å². The molecule has 1 aliphatic rings. The molecule has 0 unspecified atom stereocenters. The zero-order valence-corrected chi connectivity index (χ0v) is 8.66. The molecule has 1 fully saturated rings. The van der Waals surface area contributed by atoms with Gasteiger partial charge in [-0.1, -0.05) is 0 Å². The van der Waals surface area contributed by atoms with E-state index in [1.807, 2.05) is 0 Å². The Bertz CT molecular complexity index is 221. The van der Waals surface area contributed by atoms with Gasteiger partial charge in [-0.25, -0.2) is 0 Å². The van der Waals surface area contributed by atoms with E-state index in [2.05, 4.69) is 12.6 Å². The molecule has 0 N–H and O–H groups in total. The molecule has 0 saturated heterocycles. The van der Waals surface area contributed by atoms with Gasteiger partial charge in [-0.3, -0.25) is 4.79 Å². The zero-order chi connectivity index (χ0) is 10.6. The van der Waals surface area contributed by atoms with Gasteiger partial charge < -0.3 is 14.6 Å². The van der Waals surface area contributed by atoms with Gasteiger partial charge in [0.2, 0.25) is 0 Å². The second-order valence-electron chi connectivity index (χ2n) is 3.44. The van der Waals surface area contributed by atoms with E-state index in [1.165, 1.54) is 0 Å². The predicted octanol–water partition coefficient (Wildman–Crippen LogP) is -0.232. The highest BCUT2D eigenvalue weighted by molar-refractivity contribution is 7.81. The first-order chi connectivity index (χ1) is 6.63. The maximum Gasteiger partial charge on any atom is 0.315 e. The molecule has 0 amide bonds. The summed E-state index contributed by atoms with van der Waals surface area (Å²) >= 11 is 3.79. The van der Waals surface area contributed by atoms with Crippen molar-refractivity contribution in [2.45, 2.75) is 31.8 Å². The van der Waals surface area contributed by atoms with E-state index in [1.54, 1.807) is 0 Å². The molecule has 14 heavy (non-hydrogen) atoms. The summed E-state index contributed by atoms with van der Waals surface area (Å²) in [6.45, 7) is 0. The smallest absolute Gasteiger partial charge is 0.315 e. The average molecular weight is 217 g/mol. The van der Waals surface area contributed by atoms with E-state index in [0.717, 1.165) is 0 Å². The molecule has 4 nitrogen and oxygen atoms in total. The minimum Gasteiger partial charge on any atom is -0.550 e. The van der Waals surface area contributed by atoms with Gasteiger partial charge in [0, 0.05) is 5.97 Å². The number of carbonyl (C=O) groups excluding carboxylic acids is 2. The van der Waals surface area contributed by atoms with Crippen molar-refractivity contribution in [3.05, 3.63) is 0 Å². The highest BCUT2D eigenvalue weighted by atomic mass is 32.1. The van der Waals surface area contributed by atoms with Crippen LogP contribution in [0.1, 0.15) is 25.7 Å². The average Bonchev–Trinajstić information content (AvgIpc) is 2.18. The van der Waals surface area contributed by atoms with Gasteiger partial charge in [-0.2, -0.15) is 12.6 Å².